The Morgan fingerprint density at radius 1 is 0.938 bits per heavy atom. The van der Waals surface area contributed by atoms with Gasteiger partial charge >= 0.3 is 0 Å². The minimum Gasteiger partial charge on any atom is -0.235 e. The largest absolute Gasteiger partial charge is 0.235 e. The Bertz CT molecular complexity index is 695. The van der Waals surface area contributed by atoms with E-state index in [2.05, 4.69) is 9.97 Å². The van der Waals surface area contributed by atoms with Crippen LogP contribution >= 0.6 is 23.2 Å². The van der Waals surface area contributed by atoms with Crippen molar-refractivity contribution in [2.75, 3.05) is 0 Å². The lowest BCUT2D eigenvalue weighted by Crippen LogP contribution is -1.86. The van der Waals surface area contributed by atoms with Crippen molar-refractivity contribution in [1.29, 1.82) is 0 Å². The smallest absolute Gasteiger partial charge is 0.140 e. The normalized spacial score (nSPS) is 11.1. The summed E-state index contributed by atoms with van der Waals surface area (Å²) in [7, 11) is 0. The second kappa shape index (κ2) is 3.58. The van der Waals surface area contributed by atoms with E-state index in [4.69, 9.17) is 23.2 Å². The molecule has 0 aliphatic rings. The Morgan fingerprint density at radius 3 is 2.62 bits per heavy atom. The molecule has 0 aliphatic heterocycles. The van der Waals surface area contributed by atoms with E-state index in [9.17, 15) is 0 Å². The molecule has 3 rings (SSSR count). The first kappa shape index (κ1) is 9.82. The summed E-state index contributed by atoms with van der Waals surface area (Å²) < 4.78 is 0. The summed E-state index contributed by atoms with van der Waals surface area (Å²) >= 11 is 12.3. The van der Waals surface area contributed by atoms with Crippen LogP contribution in [0.3, 0.4) is 0 Å². The zero-order valence-corrected chi connectivity index (χ0v) is 9.63. The first-order chi connectivity index (χ1) is 7.77. The summed E-state index contributed by atoms with van der Waals surface area (Å²) in [6.45, 7) is 0. The van der Waals surface area contributed by atoms with Crippen LogP contribution in [0, 0.1) is 0 Å². The van der Waals surface area contributed by atoms with Gasteiger partial charge in [-0.1, -0.05) is 47.5 Å². The van der Waals surface area contributed by atoms with Crippen molar-refractivity contribution in [3.8, 4) is 0 Å². The van der Waals surface area contributed by atoms with Gasteiger partial charge in [0.1, 0.15) is 11.5 Å². The Balaban J connectivity index is 2.61. The van der Waals surface area contributed by atoms with Crippen molar-refractivity contribution in [2.45, 2.75) is 0 Å². The van der Waals surface area contributed by atoms with Gasteiger partial charge in [0.15, 0.2) is 0 Å². The fourth-order valence-electron chi connectivity index (χ4n) is 1.78. The summed E-state index contributed by atoms with van der Waals surface area (Å²) in [5, 5.41) is 3.85. The van der Waals surface area contributed by atoms with Gasteiger partial charge in [-0.3, -0.25) is 0 Å². The molecule has 3 aromatic rings. The quantitative estimate of drug-likeness (QED) is 0.443. The van der Waals surface area contributed by atoms with Crippen molar-refractivity contribution in [2.24, 2.45) is 0 Å². The molecule has 0 fully saturated rings. The van der Waals surface area contributed by atoms with E-state index in [-0.39, 0.29) is 0 Å². The van der Waals surface area contributed by atoms with E-state index in [1.165, 1.54) is 6.33 Å². The highest BCUT2D eigenvalue weighted by Gasteiger charge is 2.09. The van der Waals surface area contributed by atoms with Crippen LogP contribution in [0.4, 0.5) is 0 Å². The maximum absolute atomic E-state index is 6.30. The molecule has 0 unspecified atom stereocenters. The molecule has 0 atom stereocenters. The minimum atomic E-state index is 0.428. The van der Waals surface area contributed by atoms with Gasteiger partial charge in [-0.15, -0.1) is 0 Å². The first-order valence-electron chi connectivity index (χ1n) is 4.75. The van der Waals surface area contributed by atoms with Crippen LogP contribution in [0.5, 0.6) is 0 Å². The molecule has 16 heavy (non-hydrogen) atoms. The number of hydrogen-bond donors (Lipinski definition) is 0. The lowest BCUT2D eigenvalue weighted by molar-refractivity contribution is 1.22. The lowest BCUT2D eigenvalue weighted by Gasteiger charge is -2.05. The standard InChI is InChI=1S/C12H6Cl2N2/c13-10-8-4-2-1-3-7(8)5-9-11(10)15-6-16-12(9)14/h1-6H. The molecular weight excluding hydrogens is 243 g/mol. The SMILES string of the molecule is Clc1ncnc2c(Cl)c3ccccc3cc12. The van der Waals surface area contributed by atoms with E-state index in [0.29, 0.717) is 15.7 Å². The van der Waals surface area contributed by atoms with Gasteiger partial charge in [0.05, 0.1) is 10.5 Å². The van der Waals surface area contributed by atoms with Crippen molar-refractivity contribution >= 4 is 44.9 Å². The summed E-state index contributed by atoms with van der Waals surface area (Å²) in [5.74, 6) is 0. The first-order valence-corrected chi connectivity index (χ1v) is 5.50. The number of nitrogens with zero attached hydrogens (tertiary/aromatic N) is 2. The van der Waals surface area contributed by atoms with E-state index >= 15 is 0 Å². The molecule has 2 aromatic carbocycles. The highest BCUT2D eigenvalue weighted by atomic mass is 35.5. The van der Waals surface area contributed by atoms with Crippen LogP contribution in [0.1, 0.15) is 0 Å². The van der Waals surface area contributed by atoms with E-state index in [0.717, 1.165) is 16.2 Å². The molecule has 78 valence electrons. The third-order valence-electron chi connectivity index (χ3n) is 2.54. The average molecular weight is 249 g/mol. The van der Waals surface area contributed by atoms with Crippen molar-refractivity contribution in [1.82, 2.24) is 9.97 Å². The number of hydrogen-bond acceptors (Lipinski definition) is 2. The van der Waals surface area contributed by atoms with Gasteiger partial charge in [-0.2, -0.15) is 0 Å². The molecule has 1 aromatic heterocycles. The van der Waals surface area contributed by atoms with Gasteiger partial charge in [0.2, 0.25) is 0 Å². The fraction of sp³-hybridized carbons (Fsp3) is 0. The second-order valence-electron chi connectivity index (χ2n) is 3.47. The Morgan fingerprint density at radius 2 is 1.75 bits per heavy atom. The average Bonchev–Trinajstić information content (AvgIpc) is 2.31. The zero-order valence-electron chi connectivity index (χ0n) is 8.11. The van der Waals surface area contributed by atoms with Gasteiger partial charge in [0, 0.05) is 10.8 Å². The number of benzene rings is 2. The van der Waals surface area contributed by atoms with Crippen LogP contribution in [0.25, 0.3) is 21.7 Å². The lowest BCUT2D eigenvalue weighted by atomic mass is 10.1. The molecule has 0 radical (unpaired) electrons. The fourth-order valence-corrected chi connectivity index (χ4v) is 2.29. The molecule has 0 saturated heterocycles. The molecule has 0 aliphatic carbocycles. The van der Waals surface area contributed by atoms with Crippen LogP contribution in [0.2, 0.25) is 10.2 Å². The number of aromatic nitrogens is 2. The maximum Gasteiger partial charge on any atom is 0.140 e. The molecule has 4 heteroatoms. The van der Waals surface area contributed by atoms with Crippen LogP contribution in [-0.2, 0) is 0 Å². The summed E-state index contributed by atoms with van der Waals surface area (Å²) in [5.41, 5.74) is 0.695. The predicted molar refractivity (Wildman–Crippen MR) is 67.1 cm³/mol. The number of rotatable bonds is 0. The maximum atomic E-state index is 6.30. The molecule has 1 heterocycles. The van der Waals surface area contributed by atoms with Crippen LogP contribution < -0.4 is 0 Å². The molecule has 0 amide bonds. The Kier molecular flexibility index (Phi) is 2.20. The van der Waals surface area contributed by atoms with Crippen molar-refractivity contribution in [3.05, 3.63) is 46.8 Å². The topological polar surface area (TPSA) is 25.8 Å². The number of fused-ring (bicyclic) bond motifs is 2. The van der Waals surface area contributed by atoms with Gasteiger partial charge in [-0.25, -0.2) is 9.97 Å². The second-order valence-corrected chi connectivity index (χ2v) is 4.21. The van der Waals surface area contributed by atoms with Crippen molar-refractivity contribution in [3.63, 3.8) is 0 Å². The van der Waals surface area contributed by atoms with E-state index in [1.807, 2.05) is 30.3 Å². The minimum absolute atomic E-state index is 0.428. The molecule has 2 nitrogen and oxygen atoms in total. The third-order valence-corrected chi connectivity index (χ3v) is 3.22. The molecule has 0 N–H and O–H groups in total. The highest BCUT2D eigenvalue weighted by Crippen LogP contribution is 2.33. The van der Waals surface area contributed by atoms with Gasteiger partial charge < -0.3 is 0 Å². The van der Waals surface area contributed by atoms with Crippen LogP contribution in [-0.4, -0.2) is 9.97 Å². The number of halogens is 2. The van der Waals surface area contributed by atoms with Crippen LogP contribution in [0.15, 0.2) is 36.7 Å². The van der Waals surface area contributed by atoms with Gasteiger partial charge in [0.25, 0.3) is 0 Å². The Hall–Kier alpha value is -1.38. The summed E-state index contributed by atoms with van der Waals surface area (Å²) in [4.78, 5) is 8.12. The van der Waals surface area contributed by atoms with E-state index < -0.39 is 0 Å². The van der Waals surface area contributed by atoms with E-state index in [1.54, 1.807) is 0 Å². The third kappa shape index (κ3) is 1.34. The molecule has 0 saturated carbocycles. The summed E-state index contributed by atoms with van der Waals surface area (Å²) in [6.07, 6.45) is 1.42. The highest BCUT2D eigenvalue weighted by molar-refractivity contribution is 6.42. The monoisotopic (exact) mass is 248 g/mol. The summed E-state index contributed by atoms with van der Waals surface area (Å²) in [6, 6.07) is 9.82. The Labute approximate surface area is 102 Å². The van der Waals surface area contributed by atoms with Crippen molar-refractivity contribution < 1.29 is 0 Å². The predicted octanol–water partition coefficient (Wildman–Crippen LogP) is 4.09. The molecule has 0 spiro atoms. The molecule has 0 bridgehead atoms. The zero-order chi connectivity index (χ0) is 11.1. The van der Waals surface area contributed by atoms with Gasteiger partial charge in [-0.05, 0) is 11.5 Å². The molecular formula is C12H6Cl2N2.